The third-order valence-corrected chi connectivity index (χ3v) is 3.96. The zero-order valence-corrected chi connectivity index (χ0v) is 7.80. The molecule has 1 aromatic rings. The Balaban J connectivity index is 1.96. The minimum Gasteiger partial charge on any atom is -0.242 e. The Labute approximate surface area is 82.1 Å². The van der Waals surface area contributed by atoms with Crippen molar-refractivity contribution in [1.29, 1.82) is 0 Å². The Hall–Kier alpha value is -1.38. The van der Waals surface area contributed by atoms with Crippen molar-refractivity contribution < 1.29 is 0 Å². The van der Waals surface area contributed by atoms with Gasteiger partial charge in [-0.15, -0.1) is 0 Å². The van der Waals surface area contributed by atoms with E-state index in [2.05, 4.69) is 33.5 Å². The van der Waals surface area contributed by atoms with E-state index in [4.69, 9.17) is 0 Å². The molecule has 3 nitrogen and oxygen atoms in total. The molecule has 4 unspecified atom stereocenters. The van der Waals surface area contributed by atoms with Gasteiger partial charge in [0, 0.05) is 11.8 Å². The Morgan fingerprint density at radius 3 is 3.14 bits per heavy atom. The van der Waals surface area contributed by atoms with Gasteiger partial charge in [-0.1, -0.05) is 18.7 Å². The van der Waals surface area contributed by atoms with Gasteiger partial charge in [-0.05, 0) is 17.9 Å². The summed E-state index contributed by atoms with van der Waals surface area (Å²) in [5.74, 6) is 2.96. The third-order valence-electron chi connectivity index (χ3n) is 3.96. The fraction of sp³-hybridized carbons (Fsp3) is 0.455. The van der Waals surface area contributed by atoms with Crippen LogP contribution in [0, 0.1) is 17.8 Å². The molecule has 2 aliphatic carbocycles. The molecule has 0 saturated heterocycles. The number of nitrogens with zero attached hydrogens (tertiary/aromatic N) is 3. The lowest BCUT2D eigenvalue weighted by molar-refractivity contribution is 0.370. The average Bonchev–Trinajstić information content (AvgIpc) is 2.88. The monoisotopic (exact) mass is 185 g/mol. The van der Waals surface area contributed by atoms with Gasteiger partial charge in [0.1, 0.15) is 6.33 Å². The van der Waals surface area contributed by atoms with E-state index >= 15 is 0 Å². The molecule has 0 radical (unpaired) electrons. The van der Waals surface area contributed by atoms with Gasteiger partial charge < -0.3 is 0 Å². The van der Waals surface area contributed by atoms with Gasteiger partial charge in [0.2, 0.25) is 0 Å². The van der Waals surface area contributed by atoms with Gasteiger partial charge in [-0.3, -0.25) is 0 Å². The zero-order chi connectivity index (χ0) is 9.28. The summed E-state index contributed by atoms with van der Waals surface area (Å²) < 4.78 is 2.08. The van der Waals surface area contributed by atoms with E-state index < -0.39 is 0 Å². The number of rotatable bonds is 0. The first kappa shape index (κ1) is 6.98. The highest BCUT2D eigenvalue weighted by Gasteiger charge is 2.52. The summed E-state index contributed by atoms with van der Waals surface area (Å²) in [6.07, 6.45) is 7.62. The first-order valence-corrected chi connectivity index (χ1v) is 5.13. The molecule has 2 bridgehead atoms. The summed E-state index contributed by atoms with van der Waals surface area (Å²) in [5.41, 5.74) is 1.20. The first-order valence-electron chi connectivity index (χ1n) is 5.13. The van der Waals surface area contributed by atoms with Crippen molar-refractivity contribution in [3.05, 3.63) is 30.9 Å². The van der Waals surface area contributed by atoms with Crippen LogP contribution in [0.1, 0.15) is 18.3 Å². The van der Waals surface area contributed by atoms with Gasteiger partial charge in [0.25, 0.3) is 0 Å². The fourth-order valence-corrected chi connectivity index (χ4v) is 3.44. The maximum atomic E-state index is 4.32. The highest BCUT2D eigenvalue weighted by Crippen LogP contribution is 2.58. The lowest BCUT2D eigenvalue weighted by Crippen LogP contribution is -2.17. The van der Waals surface area contributed by atoms with Crippen LogP contribution in [0.2, 0.25) is 0 Å². The van der Waals surface area contributed by atoms with E-state index in [0.29, 0.717) is 23.8 Å². The number of hydrogen-bond donors (Lipinski definition) is 0. The van der Waals surface area contributed by atoms with Gasteiger partial charge in [-0.25, -0.2) is 9.67 Å². The van der Waals surface area contributed by atoms with Gasteiger partial charge in [0.15, 0.2) is 5.82 Å². The van der Waals surface area contributed by atoms with Crippen LogP contribution in [-0.4, -0.2) is 14.8 Å². The van der Waals surface area contributed by atoms with Gasteiger partial charge >= 0.3 is 0 Å². The normalized spacial score (nSPS) is 41.9. The Kier molecular flexibility index (Phi) is 0.996. The molecule has 3 aliphatic rings. The lowest BCUT2D eigenvalue weighted by Gasteiger charge is -2.20. The third kappa shape index (κ3) is 0.567. The van der Waals surface area contributed by atoms with Crippen molar-refractivity contribution in [2.75, 3.05) is 0 Å². The molecule has 4 atom stereocenters. The fourth-order valence-electron chi connectivity index (χ4n) is 3.44. The van der Waals surface area contributed by atoms with E-state index in [0.717, 1.165) is 5.82 Å². The molecule has 3 heteroatoms. The molecule has 4 rings (SSSR count). The number of aromatic nitrogens is 3. The molecule has 0 spiro atoms. The number of hydrogen-bond acceptors (Lipinski definition) is 2. The summed E-state index contributed by atoms with van der Waals surface area (Å²) in [7, 11) is 0. The summed E-state index contributed by atoms with van der Waals surface area (Å²) >= 11 is 0. The van der Waals surface area contributed by atoms with Gasteiger partial charge in [0.05, 0.1) is 6.04 Å². The van der Waals surface area contributed by atoms with E-state index in [9.17, 15) is 0 Å². The van der Waals surface area contributed by atoms with Gasteiger partial charge in [-0.2, -0.15) is 5.10 Å². The zero-order valence-electron chi connectivity index (χ0n) is 7.80. The molecule has 0 aromatic carbocycles. The highest BCUT2D eigenvalue weighted by atomic mass is 15.4. The summed E-state index contributed by atoms with van der Waals surface area (Å²) in [6, 6.07) is 0.523. The molecular weight excluding hydrogens is 174 g/mol. The van der Waals surface area contributed by atoms with E-state index in [1.165, 1.54) is 12.0 Å². The second-order valence-corrected chi connectivity index (χ2v) is 4.52. The maximum absolute atomic E-state index is 4.32. The molecule has 2 heterocycles. The van der Waals surface area contributed by atoms with Crippen molar-refractivity contribution in [2.45, 2.75) is 12.5 Å². The molecule has 0 N–H and O–H groups in total. The van der Waals surface area contributed by atoms with Crippen molar-refractivity contribution in [3.8, 4) is 0 Å². The van der Waals surface area contributed by atoms with E-state index in [-0.39, 0.29) is 0 Å². The Morgan fingerprint density at radius 1 is 1.36 bits per heavy atom. The molecule has 0 amide bonds. The van der Waals surface area contributed by atoms with Crippen molar-refractivity contribution in [1.82, 2.24) is 14.8 Å². The maximum Gasteiger partial charge on any atom is 0.154 e. The first-order chi connectivity index (χ1) is 6.86. The smallest absolute Gasteiger partial charge is 0.154 e. The number of allylic oxidation sites excluding steroid dienone is 3. The average molecular weight is 185 g/mol. The standard InChI is InChI=1S/C11H11N3/c1-6-9-7-2-3-8(4-7)10(9)14-11(6)12-5-13-14/h2-3,5,7-10H,1,4H2. The summed E-state index contributed by atoms with van der Waals surface area (Å²) in [4.78, 5) is 4.28. The highest BCUT2D eigenvalue weighted by molar-refractivity contribution is 5.65. The van der Waals surface area contributed by atoms with E-state index in [1.807, 2.05) is 0 Å². The molecule has 1 aromatic heterocycles. The van der Waals surface area contributed by atoms with Crippen molar-refractivity contribution in [3.63, 3.8) is 0 Å². The predicted molar refractivity (Wildman–Crippen MR) is 52.3 cm³/mol. The second-order valence-electron chi connectivity index (χ2n) is 4.52. The van der Waals surface area contributed by atoms with Crippen LogP contribution in [0.3, 0.4) is 0 Å². The summed E-state index contributed by atoms with van der Waals surface area (Å²) in [5, 5.41) is 4.32. The van der Waals surface area contributed by atoms with Crippen LogP contribution in [0.4, 0.5) is 0 Å². The minimum absolute atomic E-state index is 0.523. The van der Waals surface area contributed by atoms with Crippen LogP contribution in [0.5, 0.6) is 0 Å². The summed E-state index contributed by atoms with van der Waals surface area (Å²) in [6.45, 7) is 4.17. The topological polar surface area (TPSA) is 30.7 Å². The molecule has 70 valence electrons. The quantitative estimate of drug-likeness (QED) is 0.575. The second kappa shape index (κ2) is 2.00. The van der Waals surface area contributed by atoms with Crippen LogP contribution in [0.15, 0.2) is 25.1 Å². The SMILES string of the molecule is C=C1c2ncnn2C2C3C=CC(C3)C12. The van der Waals surface area contributed by atoms with Crippen LogP contribution < -0.4 is 0 Å². The van der Waals surface area contributed by atoms with Crippen LogP contribution in [-0.2, 0) is 0 Å². The molecular formula is C11H11N3. The molecule has 1 saturated carbocycles. The Morgan fingerprint density at radius 2 is 2.21 bits per heavy atom. The minimum atomic E-state index is 0.523. The number of fused-ring (bicyclic) bond motifs is 7. The van der Waals surface area contributed by atoms with Crippen LogP contribution in [0.25, 0.3) is 5.57 Å². The Bertz CT molecular complexity index is 457. The molecule has 1 aliphatic heterocycles. The van der Waals surface area contributed by atoms with Crippen molar-refractivity contribution in [2.24, 2.45) is 17.8 Å². The van der Waals surface area contributed by atoms with Crippen molar-refractivity contribution >= 4 is 5.57 Å². The predicted octanol–water partition coefficient (Wildman–Crippen LogP) is 1.67. The molecule has 14 heavy (non-hydrogen) atoms. The largest absolute Gasteiger partial charge is 0.242 e. The lowest BCUT2D eigenvalue weighted by atomic mass is 9.86. The van der Waals surface area contributed by atoms with E-state index in [1.54, 1.807) is 6.33 Å². The van der Waals surface area contributed by atoms with Crippen LogP contribution >= 0.6 is 0 Å². The molecule has 1 fully saturated rings.